The second-order valence-corrected chi connectivity index (χ2v) is 1.78. The van der Waals surface area contributed by atoms with Crippen LogP contribution in [0.5, 0.6) is 0 Å². The quantitative estimate of drug-likeness (QED) is 0.384. The number of hydrogen-bond acceptors (Lipinski definition) is 0. The van der Waals surface area contributed by atoms with Crippen molar-refractivity contribution in [1.29, 1.82) is 0 Å². The molecule has 0 radical (unpaired) electrons. The molecule has 1 aromatic carbocycles. The van der Waals surface area contributed by atoms with Crippen LogP contribution in [0.4, 0.5) is 8.78 Å². The monoisotopic (exact) mass is 230 g/mol. The Hall–Kier alpha value is 0.326. The number of hydrogen-bond donors (Lipinski definition) is 0. The summed E-state index contributed by atoms with van der Waals surface area (Å²) in [6.07, 6.45) is 0. The first-order valence-corrected chi connectivity index (χ1v) is 2.53. The van der Waals surface area contributed by atoms with Crippen molar-refractivity contribution in [2.24, 2.45) is 0 Å². The van der Waals surface area contributed by atoms with Crippen LogP contribution in [0.2, 0.25) is 0 Å². The normalized spacial score (nSPS) is 7.91. The summed E-state index contributed by atoms with van der Waals surface area (Å²) in [5.41, 5.74) is 0.0498. The summed E-state index contributed by atoms with van der Waals surface area (Å²) in [6.45, 7) is 1.39. The van der Waals surface area contributed by atoms with E-state index in [0.717, 1.165) is 12.1 Å². The van der Waals surface area contributed by atoms with Gasteiger partial charge in [0.2, 0.25) is 0 Å². The van der Waals surface area contributed by atoms with Crippen molar-refractivity contribution in [3.8, 4) is 0 Å². The van der Waals surface area contributed by atoms with Crippen LogP contribution in [-0.2, 0) is 0 Å². The average Bonchev–Trinajstić information content (AvgIpc) is 1.83. The number of benzene rings is 1. The van der Waals surface area contributed by atoms with Crippen molar-refractivity contribution in [2.75, 3.05) is 0 Å². The molecule has 0 saturated heterocycles. The predicted octanol–water partition coefficient (Wildman–Crippen LogP) is -1.30. The van der Waals surface area contributed by atoms with E-state index in [4.69, 9.17) is 0 Å². The van der Waals surface area contributed by atoms with Gasteiger partial charge in [-0.05, 0) is 0 Å². The van der Waals surface area contributed by atoms with Gasteiger partial charge in [0.15, 0.2) is 0 Å². The minimum absolute atomic E-state index is 0. The maximum Gasteiger partial charge on any atom is 2.00 e. The third-order valence-electron chi connectivity index (χ3n) is 1.14. The van der Waals surface area contributed by atoms with E-state index in [0.29, 0.717) is 0 Å². The van der Waals surface area contributed by atoms with Crippen LogP contribution in [0.3, 0.4) is 0 Å². The Morgan fingerprint density at radius 3 is 1.82 bits per heavy atom. The molecule has 0 fully saturated rings. The van der Waals surface area contributed by atoms with Gasteiger partial charge in [-0.2, -0.15) is 6.07 Å². The van der Waals surface area contributed by atoms with Crippen LogP contribution in [-0.4, -0.2) is 23.1 Å². The second-order valence-electron chi connectivity index (χ2n) is 1.78. The van der Waals surface area contributed by atoms with Gasteiger partial charge in [-0.3, -0.25) is 8.78 Å². The summed E-state index contributed by atoms with van der Waals surface area (Å²) >= 11 is 0. The summed E-state index contributed by atoms with van der Waals surface area (Å²) in [7, 11) is 0. The Morgan fingerprint density at radius 2 is 1.55 bits per heavy atom. The first kappa shape index (κ1) is 13.9. The topological polar surface area (TPSA) is 0 Å². The Bertz CT molecular complexity index is 207. The molecule has 0 aliphatic rings. The van der Waals surface area contributed by atoms with Gasteiger partial charge in [-0.25, -0.2) is 0 Å². The van der Waals surface area contributed by atoms with E-state index in [1.165, 1.54) is 6.92 Å². The summed E-state index contributed by atoms with van der Waals surface area (Å²) in [4.78, 5) is 0. The standard InChI is InChI=1S/C7H5F2.BrH.Mg/c1-5-6(8)3-2-4-7(5)9;;/h3-4H,1H3;1H;/q-1;;+2/p-1. The molecule has 0 aromatic heterocycles. The summed E-state index contributed by atoms with van der Waals surface area (Å²) < 4.78 is 24.6. The SMILES string of the molecule is Cc1c(F)c[c-]cc1F.[Br-].[Mg+2]. The van der Waals surface area contributed by atoms with Crippen molar-refractivity contribution in [3.63, 3.8) is 0 Å². The van der Waals surface area contributed by atoms with Crippen LogP contribution in [0.1, 0.15) is 5.56 Å². The molecule has 0 atom stereocenters. The smallest absolute Gasteiger partial charge is 1.00 e. The molecular formula is C7H5BrF2Mg. The average molecular weight is 231 g/mol. The van der Waals surface area contributed by atoms with Gasteiger partial charge in [0.05, 0.1) is 0 Å². The molecule has 1 rings (SSSR count). The van der Waals surface area contributed by atoms with Crippen LogP contribution in [0.15, 0.2) is 12.1 Å². The van der Waals surface area contributed by atoms with E-state index in [-0.39, 0.29) is 45.6 Å². The molecule has 0 aliphatic heterocycles. The van der Waals surface area contributed by atoms with E-state index in [2.05, 4.69) is 6.07 Å². The van der Waals surface area contributed by atoms with Gasteiger partial charge in [-0.1, -0.05) is 12.5 Å². The molecular weight excluding hydrogens is 226 g/mol. The van der Waals surface area contributed by atoms with Crippen molar-refractivity contribution in [1.82, 2.24) is 0 Å². The van der Waals surface area contributed by atoms with Gasteiger partial charge in [0.25, 0.3) is 0 Å². The van der Waals surface area contributed by atoms with Crippen LogP contribution < -0.4 is 17.0 Å². The molecule has 0 spiro atoms. The van der Waals surface area contributed by atoms with Gasteiger partial charge >= 0.3 is 23.1 Å². The van der Waals surface area contributed by atoms with E-state index < -0.39 is 11.6 Å². The number of halogens is 3. The minimum atomic E-state index is -0.546. The summed E-state index contributed by atoms with van der Waals surface area (Å²) in [5, 5.41) is 0. The third-order valence-corrected chi connectivity index (χ3v) is 1.14. The molecule has 0 saturated carbocycles. The zero-order valence-corrected chi connectivity index (χ0v) is 9.00. The molecule has 0 aliphatic carbocycles. The minimum Gasteiger partial charge on any atom is -1.00 e. The number of rotatable bonds is 0. The Balaban J connectivity index is 0. The molecule has 0 N–H and O–H groups in total. The van der Waals surface area contributed by atoms with Crippen molar-refractivity contribution < 1.29 is 25.8 Å². The Morgan fingerprint density at radius 1 is 1.18 bits per heavy atom. The summed E-state index contributed by atoms with van der Waals surface area (Å²) in [5.74, 6) is -1.09. The zero-order chi connectivity index (χ0) is 6.85. The molecule has 0 nitrogen and oxygen atoms in total. The molecule has 1 aromatic rings. The van der Waals surface area contributed by atoms with Crippen LogP contribution in [0, 0.1) is 24.6 Å². The van der Waals surface area contributed by atoms with E-state index in [1.807, 2.05) is 0 Å². The van der Waals surface area contributed by atoms with Gasteiger partial charge < -0.3 is 17.0 Å². The van der Waals surface area contributed by atoms with E-state index >= 15 is 0 Å². The van der Waals surface area contributed by atoms with Crippen molar-refractivity contribution >= 4 is 23.1 Å². The van der Waals surface area contributed by atoms with Gasteiger partial charge in [-0.15, -0.1) is 12.1 Å². The molecule has 4 heteroatoms. The van der Waals surface area contributed by atoms with Gasteiger partial charge in [0, 0.05) is 11.6 Å². The molecule has 56 valence electrons. The Labute approximate surface area is 90.9 Å². The fourth-order valence-electron chi connectivity index (χ4n) is 0.519. The second kappa shape index (κ2) is 5.91. The molecule has 0 amide bonds. The van der Waals surface area contributed by atoms with E-state index in [9.17, 15) is 8.78 Å². The van der Waals surface area contributed by atoms with Crippen molar-refractivity contribution in [2.45, 2.75) is 6.92 Å². The van der Waals surface area contributed by atoms with E-state index in [1.54, 1.807) is 0 Å². The predicted molar refractivity (Wildman–Crippen MR) is 35.7 cm³/mol. The first-order valence-electron chi connectivity index (χ1n) is 2.53. The van der Waals surface area contributed by atoms with Crippen molar-refractivity contribution in [3.05, 3.63) is 35.4 Å². The molecule has 0 bridgehead atoms. The zero-order valence-electron chi connectivity index (χ0n) is 6.00. The molecule has 11 heavy (non-hydrogen) atoms. The third kappa shape index (κ3) is 3.49. The maximum absolute atomic E-state index is 12.3. The fourth-order valence-corrected chi connectivity index (χ4v) is 0.519. The van der Waals surface area contributed by atoms with Crippen LogP contribution in [0.25, 0.3) is 0 Å². The van der Waals surface area contributed by atoms with Gasteiger partial charge in [0.1, 0.15) is 0 Å². The summed E-state index contributed by atoms with van der Waals surface area (Å²) in [6, 6.07) is 4.54. The maximum atomic E-state index is 12.3. The van der Waals surface area contributed by atoms with Crippen LogP contribution >= 0.6 is 0 Å². The largest absolute Gasteiger partial charge is 2.00 e. The molecule has 0 unspecified atom stereocenters. The Kier molecular flexibility index (Phi) is 7.46. The fraction of sp³-hybridized carbons (Fsp3) is 0.143. The molecule has 0 heterocycles. The first-order chi connectivity index (χ1) is 4.22.